The van der Waals surface area contributed by atoms with Crippen molar-refractivity contribution in [3.63, 3.8) is 0 Å². The van der Waals surface area contributed by atoms with Crippen LogP contribution in [0, 0.1) is 5.92 Å². The molecule has 17 heavy (non-hydrogen) atoms. The third kappa shape index (κ3) is 1.67. The summed E-state index contributed by atoms with van der Waals surface area (Å²) in [6.45, 7) is 0. The number of Topliss-reactive ketones (excluding diaryl/α,β-unsaturated/α-hetero) is 1. The van der Waals surface area contributed by atoms with Crippen LogP contribution in [0.3, 0.4) is 0 Å². The van der Waals surface area contributed by atoms with Gasteiger partial charge >= 0.3 is 5.97 Å². The molecule has 0 amide bonds. The minimum atomic E-state index is -1.85. The summed E-state index contributed by atoms with van der Waals surface area (Å²) in [5.41, 5.74) is 0.0909. The Morgan fingerprint density at radius 2 is 2.24 bits per heavy atom. The molecular weight excluding hydrogens is 229 g/mol. The smallest absolute Gasteiger partial charge is 0.323 e. The van der Waals surface area contributed by atoms with E-state index >= 15 is 0 Å². The van der Waals surface area contributed by atoms with Gasteiger partial charge in [-0.2, -0.15) is 4.39 Å². The molecule has 5 nitrogen and oxygen atoms in total. The first-order valence-electron chi connectivity index (χ1n) is 4.74. The van der Waals surface area contributed by atoms with Crippen molar-refractivity contribution in [1.82, 2.24) is 0 Å². The van der Waals surface area contributed by atoms with Crippen molar-refractivity contribution in [1.29, 1.82) is 0 Å². The lowest BCUT2D eigenvalue weighted by molar-refractivity contribution is -0.138. The third-order valence-corrected chi connectivity index (χ3v) is 2.45. The average molecular weight is 237 g/mol. The number of carbonyl (C=O) groups is 2. The van der Waals surface area contributed by atoms with Gasteiger partial charge in [0.1, 0.15) is 11.4 Å². The number of aliphatic carboxylic acids is 1. The first kappa shape index (κ1) is 11.3. The number of methoxy groups -OCH3 is 1. The number of nitrogens with zero attached hydrogens (tertiary/aromatic N) is 1. The maximum absolute atomic E-state index is 13.4. The number of halogens is 1. The first-order valence-corrected chi connectivity index (χ1v) is 4.74. The molecular formula is C11H8FNO4. The summed E-state index contributed by atoms with van der Waals surface area (Å²) in [6.07, 6.45) is 0. The number of fused-ring (bicyclic) bond motifs is 1. The van der Waals surface area contributed by atoms with Crippen molar-refractivity contribution in [3.8, 4) is 5.75 Å². The SMILES string of the molecule is COc1cccc2c1N=C(F)C(C(=O)O)C2=O. The summed E-state index contributed by atoms with van der Waals surface area (Å²) < 4.78 is 18.4. The summed E-state index contributed by atoms with van der Waals surface area (Å²) in [5.74, 6) is -5.22. The Labute approximate surface area is 95.5 Å². The van der Waals surface area contributed by atoms with Gasteiger partial charge < -0.3 is 9.84 Å². The molecule has 1 N–H and O–H groups in total. The van der Waals surface area contributed by atoms with Gasteiger partial charge in [0.05, 0.1) is 7.11 Å². The van der Waals surface area contributed by atoms with Crippen molar-refractivity contribution in [2.24, 2.45) is 10.9 Å². The van der Waals surface area contributed by atoms with Crippen LogP contribution in [0.1, 0.15) is 10.4 Å². The van der Waals surface area contributed by atoms with Crippen LogP contribution in [0.25, 0.3) is 0 Å². The standard InChI is InChI=1S/C11H8FNO4/c1-17-6-4-2-3-5-8(6)13-10(12)7(9(5)14)11(15)16/h2-4,7H,1H3,(H,15,16). The van der Waals surface area contributed by atoms with Gasteiger partial charge in [-0.25, -0.2) is 4.99 Å². The zero-order valence-electron chi connectivity index (χ0n) is 8.81. The van der Waals surface area contributed by atoms with Crippen molar-refractivity contribution >= 4 is 23.4 Å². The van der Waals surface area contributed by atoms with Crippen LogP contribution in [0.15, 0.2) is 23.2 Å². The number of ether oxygens (including phenoxy) is 1. The second-order valence-electron chi connectivity index (χ2n) is 3.43. The minimum absolute atomic E-state index is 0.0370. The van der Waals surface area contributed by atoms with E-state index in [0.29, 0.717) is 0 Å². The molecule has 1 unspecified atom stereocenters. The molecule has 2 rings (SSSR count). The van der Waals surface area contributed by atoms with Gasteiger partial charge in [0.25, 0.3) is 0 Å². The Bertz CT molecular complexity index is 538. The lowest BCUT2D eigenvalue weighted by Gasteiger charge is -2.17. The molecule has 1 aromatic rings. The van der Waals surface area contributed by atoms with Gasteiger partial charge in [-0.15, -0.1) is 0 Å². The number of carboxylic acid groups (broad SMARTS) is 1. The molecule has 0 fully saturated rings. The highest BCUT2D eigenvalue weighted by Gasteiger charge is 2.38. The molecule has 0 aliphatic carbocycles. The van der Waals surface area contributed by atoms with Crippen LogP contribution in [-0.4, -0.2) is 29.9 Å². The van der Waals surface area contributed by atoms with Crippen molar-refractivity contribution < 1.29 is 23.8 Å². The summed E-state index contributed by atoms with van der Waals surface area (Å²) in [6, 6.07) is 4.43. The summed E-state index contributed by atoms with van der Waals surface area (Å²) in [7, 11) is 1.36. The fourth-order valence-electron chi connectivity index (χ4n) is 1.65. The van der Waals surface area contributed by atoms with Crippen molar-refractivity contribution in [3.05, 3.63) is 23.8 Å². The van der Waals surface area contributed by atoms with Crippen LogP contribution in [0.4, 0.5) is 10.1 Å². The number of aliphatic imine (C=N–C) groups is 1. The molecule has 0 radical (unpaired) electrons. The average Bonchev–Trinajstić information content (AvgIpc) is 2.28. The first-order chi connectivity index (χ1) is 8.06. The van der Waals surface area contributed by atoms with Gasteiger partial charge in [-0.3, -0.25) is 9.59 Å². The highest BCUT2D eigenvalue weighted by Crippen LogP contribution is 2.37. The normalized spacial score (nSPS) is 18.4. The van der Waals surface area contributed by atoms with Crippen molar-refractivity contribution in [2.45, 2.75) is 0 Å². The van der Waals surface area contributed by atoms with E-state index < -0.39 is 23.6 Å². The maximum Gasteiger partial charge on any atom is 0.323 e. The van der Waals surface area contributed by atoms with E-state index in [0.717, 1.165) is 0 Å². The van der Waals surface area contributed by atoms with E-state index in [4.69, 9.17) is 9.84 Å². The zero-order chi connectivity index (χ0) is 12.6. The van der Waals surface area contributed by atoms with Crippen molar-refractivity contribution in [2.75, 3.05) is 7.11 Å². The highest BCUT2D eigenvalue weighted by atomic mass is 19.1. The van der Waals surface area contributed by atoms with Gasteiger partial charge in [-0.05, 0) is 12.1 Å². The van der Waals surface area contributed by atoms with Gasteiger partial charge in [0.15, 0.2) is 11.7 Å². The third-order valence-electron chi connectivity index (χ3n) is 2.45. The van der Waals surface area contributed by atoms with Crippen LogP contribution in [-0.2, 0) is 4.79 Å². The predicted molar refractivity (Wildman–Crippen MR) is 56.7 cm³/mol. The number of hydrogen-bond acceptors (Lipinski definition) is 4. The molecule has 1 aliphatic heterocycles. The van der Waals surface area contributed by atoms with Gasteiger partial charge in [-0.1, -0.05) is 6.07 Å². The summed E-state index contributed by atoms with van der Waals surface area (Å²) in [5, 5.41) is 8.76. The molecule has 1 aliphatic rings. The van der Waals surface area contributed by atoms with Crippen LogP contribution < -0.4 is 4.74 Å². The molecule has 0 bridgehead atoms. The van der Waals surface area contributed by atoms with E-state index in [1.165, 1.54) is 25.3 Å². The molecule has 1 atom stereocenters. The van der Waals surface area contributed by atoms with Crippen LogP contribution in [0.5, 0.6) is 5.75 Å². The summed E-state index contributed by atoms with van der Waals surface area (Å²) >= 11 is 0. The number of carboxylic acids is 1. The fourth-order valence-corrected chi connectivity index (χ4v) is 1.65. The second kappa shape index (κ2) is 3.97. The largest absolute Gasteiger partial charge is 0.494 e. The quantitative estimate of drug-likeness (QED) is 0.792. The van der Waals surface area contributed by atoms with E-state index in [-0.39, 0.29) is 17.0 Å². The Kier molecular flexibility index (Phi) is 2.63. The Hall–Kier alpha value is -2.24. The van der Waals surface area contributed by atoms with E-state index in [9.17, 15) is 14.0 Å². The molecule has 1 aromatic carbocycles. The predicted octanol–water partition coefficient (Wildman–Crippen LogP) is 1.59. The maximum atomic E-state index is 13.4. The molecule has 88 valence electrons. The zero-order valence-corrected chi connectivity index (χ0v) is 8.81. The highest BCUT2D eigenvalue weighted by molar-refractivity contribution is 6.25. The van der Waals surface area contributed by atoms with E-state index in [2.05, 4.69) is 4.99 Å². The molecule has 0 saturated heterocycles. The van der Waals surface area contributed by atoms with Crippen LogP contribution in [0.2, 0.25) is 0 Å². The number of carbonyl (C=O) groups excluding carboxylic acids is 1. The molecule has 6 heteroatoms. The number of rotatable bonds is 2. The lowest BCUT2D eigenvalue weighted by atomic mass is 9.93. The number of ketones is 1. The topological polar surface area (TPSA) is 76.0 Å². The number of hydrogen-bond donors (Lipinski definition) is 1. The number of para-hydroxylation sites is 1. The molecule has 0 saturated carbocycles. The summed E-state index contributed by atoms with van der Waals surface area (Å²) in [4.78, 5) is 26.0. The Morgan fingerprint density at radius 1 is 1.53 bits per heavy atom. The van der Waals surface area contributed by atoms with Crippen LogP contribution >= 0.6 is 0 Å². The lowest BCUT2D eigenvalue weighted by Crippen LogP contribution is -2.32. The van der Waals surface area contributed by atoms with E-state index in [1.807, 2.05) is 0 Å². The molecule has 1 heterocycles. The van der Waals surface area contributed by atoms with Gasteiger partial charge in [0, 0.05) is 5.56 Å². The Balaban J connectivity index is 2.63. The minimum Gasteiger partial charge on any atom is -0.494 e. The monoisotopic (exact) mass is 237 g/mol. The second-order valence-corrected chi connectivity index (χ2v) is 3.43. The number of benzene rings is 1. The molecule has 0 spiro atoms. The fraction of sp³-hybridized carbons (Fsp3) is 0.182. The molecule has 0 aromatic heterocycles. The Morgan fingerprint density at radius 3 is 2.82 bits per heavy atom. The van der Waals surface area contributed by atoms with Gasteiger partial charge in [0.2, 0.25) is 5.97 Å². The van der Waals surface area contributed by atoms with E-state index in [1.54, 1.807) is 0 Å².